The van der Waals surface area contributed by atoms with Crippen molar-refractivity contribution in [3.8, 4) is 11.5 Å². The molecule has 0 saturated heterocycles. The molecule has 0 aliphatic heterocycles. The second-order valence-electron chi connectivity index (χ2n) is 4.51. The number of ether oxygens (including phenoxy) is 2. The van der Waals surface area contributed by atoms with Gasteiger partial charge in [-0.2, -0.15) is 0 Å². The molecule has 5 nitrogen and oxygen atoms in total. The predicted molar refractivity (Wildman–Crippen MR) is 75.8 cm³/mol. The van der Waals surface area contributed by atoms with E-state index in [0.717, 1.165) is 22.6 Å². The molecule has 2 aromatic rings. The van der Waals surface area contributed by atoms with E-state index in [1.54, 1.807) is 0 Å². The van der Waals surface area contributed by atoms with Crippen LogP contribution < -0.4 is 15.2 Å². The lowest BCUT2D eigenvalue weighted by molar-refractivity contribution is 0.267. The van der Waals surface area contributed by atoms with Crippen molar-refractivity contribution in [3.63, 3.8) is 0 Å². The molecule has 0 bridgehead atoms. The zero-order valence-electron chi connectivity index (χ0n) is 12.1. The van der Waals surface area contributed by atoms with E-state index in [-0.39, 0.29) is 0 Å². The van der Waals surface area contributed by atoms with Crippen LogP contribution in [0.5, 0.6) is 11.5 Å². The Labute approximate surface area is 118 Å². The van der Waals surface area contributed by atoms with Gasteiger partial charge in [0.25, 0.3) is 0 Å². The zero-order valence-corrected chi connectivity index (χ0v) is 12.1. The van der Waals surface area contributed by atoms with Crippen LogP contribution in [0.1, 0.15) is 29.5 Å². The normalized spacial score (nSPS) is 10.6. The van der Waals surface area contributed by atoms with Gasteiger partial charge in [-0.25, -0.2) is 0 Å². The highest BCUT2D eigenvalue weighted by molar-refractivity contribution is 5.43. The molecule has 1 aromatic heterocycles. The summed E-state index contributed by atoms with van der Waals surface area (Å²) in [7, 11) is 0. The quantitative estimate of drug-likeness (QED) is 0.878. The van der Waals surface area contributed by atoms with Gasteiger partial charge < -0.3 is 19.7 Å². The highest BCUT2D eigenvalue weighted by Crippen LogP contribution is 2.29. The minimum Gasteiger partial charge on any atom is -0.490 e. The van der Waals surface area contributed by atoms with Gasteiger partial charge >= 0.3 is 0 Å². The maximum absolute atomic E-state index is 5.83. The van der Waals surface area contributed by atoms with E-state index in [9.17, 15) is 0 Å². The Kier molecular flexibility index (Phi) is 4.63. The largest absolute Gasteiger partial charge is 0.490 e. The first-order valence-electron chi connectivity index (χ1n) is 6.66. The molecule has 0 atom stereocenters. The summed E-state index contributed by atoms with van der Waals surface area (Å²) in [5.41, 5.74) is 8.47. The van der Waals surface area contributed by atoms with Crippen molar-refractivity contribution in [2.24, 2.45) is 5.73 Å². The average Bonchev–Trinajstić information content (AvgIpc) is 2.77. The van der Waals surface area contributed by atoms with Gasteiger partial charge in [0.05, 0.1) is 17.9 Å². The second-order valence-corrected chi connectivity index (χ2v) is 4.51. The summed E-state index contributed by atoms with van der Waals surface area (Å²) in [5, 5.41) is 3.91. The Morgan fingerprint density at radius 1 is 1.20 bits per heavy atom. The summed E-state index contributed by atoms with van der Waals surface area (Å²) in [6.45, 7) is 7.17. The Bertz CT molecular complexity index is 559. The van der Waals surface area contributed by atoms with E-state index in [1.807, 2.05) is 39.0 Å². The number of benzene rings is 1. The van der Waals surface area contributed by atoms with Gasteiger partial charge in [-0.05, 0) is 38.5 Å². The van der Waals surface area contributed by atoms with Crippen molar-refractivity contribution in [1.82, 2.24) is 5.16 Å². The fraction of sp³-hybridized carbons (Fsp3) is 0.400. The first kappa shape index (κ1) is 14.4. The van der Waals surface area contributed by atoms with Crippen LogP contribution >= 0.6 is 0 Å². The number of hydrogen-bond donors (Lipinski definition) is 1. The molecule has 0 radical (unpaired) electrons. The molecule has 0 amide bonds. The first-order valence-corrected chi connectivity index (χ1v) is 6.66. The highest BCUT2D eigenvalue weighted by atomic mass is 16.5. The molecule has 2 rings (SSSR count). The summed E-state index contributed by atoms with van der Waals surface area (Å²) >= 11 is 0. The maximum atomic E-state index is 5.83. The Balaban J connectivity index is 2.16. The summed E-state index contributed by atoms with van der Waals surface area (Å²) in [4.78, 5) is 0. The third kappa shape index (κ3) is 3.11. The van der Waals surface area contributed by atoms with Gasteiger partial charge in [0.15, 0.2) is 11.5 Å². The third-order valence-corrected chi connectivity index (χ3v) is 3.10. The van der Waals surface area contributed by atoms with Crippen molar-refractivity contribution in [3.05, 3.63) is 40.8 Å². The van der Waals surface area contributed by atoms with Gasteiger partial charge in [-0.15, -0.1) is 0 Å². The van der Waals surface area contributed by atoms with Crippen molar-refractivity contribution in [1.29, 1.82) is 0 Å². The van der Waals surface area contributed by atoms with E-state index >= 15 is 0 Å². The molecule has 0 saturated carbocycles. The minimum atomic E-state index is 0.406. The van der Waals surface area contributed by atoms with Crippen LogP contribution in [0.25, 0.3) is 0 Å². The summed E-state index contributed by atoms with van der Waals surface area (Å²) < 4.78 is 16.5. The van der Waals surface area contributed by atoms with Gasteiger partial charge in [-0.1, -0.05) is 11.2 Å². The standard InChI is InChI=1S/C15H20N2O3/c1-4-18-15-7-12(8-16)5-6-14(15)19-9-13-10(2)17-20-11(13)3/h5-7H,4,8-9,16H2,1-3H3. The zero-order chi connectivity index (χ0) is 14.5. The van der Waals surface area contributed by atoms with Crippen LogP contribution in [0.2, 0.25) is 0 Å². The van der Waals surface area contributed by atoms with Crippen molar-refractivity contribution < 1.29 is 14.0 Å². The number of nitrogens with zero attached hydrogens (tertiary/aromatic N) is 1. The van der Waals surface area contributed by atoms with Crippen LogP contribution in [-0.4, -0.2) is 11.8 Å². The van der Waals surface area contributed by atoms with Crippen LogP contribution in [0, 0.1) is 13.8 Å². The molecule has 5 heteroatoms. The Morgan fingerprint density at radius 2 is 2.00 bits per heavy atom. The van der Waals surface area contributed by atoms with E-state index in [0.29, 0.717) is 31.3 Å². The molecule has 0 unspecified atom stereocenters. The molecule has 2 N–H and O–H groups in total. The van der Waals surface area contributed by atoms with E-state index in [1.165, 1.54) is 0 Å². The van der Waals surface area contributed by atoms with Gasteiger partial charge in [-0.3, -0.25) is 0 Å². The van der Waals surface area contributed by atoms with Crippen molar-refractivity contribution in [2.75, 3.05) is 6.61 Å². The van der Waals surface area contributed by atoms with E-state index < -0.39 is 0 Å². The fourth-order valence-corrected chi connectivity index (χ4v) is 1.92. The topological polar surface area (TPSA) is 70.5 Å². The van der Waals surface area contributed by atoms with Crippen molar-refractivity contribution >= 4 is 0 Å². The number of aromatic nitrogens is 1. The smallest absolute Gasteiger partial charge is 0.161 e. The summed E-state index contributed by atoms with van der Waals surface area (Å²) in [6, 6.07) is 5.72. The molecule has 0 aliphatic carbocycles. The van der Waals surface area contributed by atoms with Gasteiger partial charge in [0.1, 0.15) is 12.4 Å². The maximum Gasteiger partial charge on any atom is 0.161 e. The third-order valence-electron chi connectivity index (χ3n) is 3.10. The minimum absolute atomic E-state index is 0.406. The lowest BCUT2D eigenvalue weighted by atomic mass is 10.2. The molecule has 0 aliphatic rings. The van der Waals surface area contributed by atoms with Gasteiger partial charge in [0, 0.05) is 6.54 Å². The first-order chi connectivity index (χ1) is 9.65. The average molecular weight is 276 g/mol. The highest BCUT2D eigenvalue weighted by Gasteiger charge is 2.12. The van der Waals surface area contributed by atoms with E-state index in [4.69, 9.17) is 19.7 Å². The molecule has 1 aromatic carbocycles. The Morgan fingerprint density at radius 3 is 2.60 bits per heavy atom. The van der Waals surface area contributed by atoms with Gasteiger partial charge in [0.2, 0.25) is 0 Å². The molecular formula is C15H20N2O3. The van der Waals surface area contributed by atoms with Crippen LogP contribution in [-0.2, 0) is 13.2 Å². The second kappa shape index (κ2) is 6.43. The number of rotatable bonds is 6. The van der Waals surface area contributed by atoms with Crippen LogP contribution in [0.4, 0.5) is 0 Å². The summed E-state index contributed by atoms with van der Waals surface area (Å²) in [5.74, 6) is 2.19. The monoisotopic (exact) mass is 276 g/mol. The predicted octanol–water partition coefficient (Wildman–Crippen LogP) is 2.73. The van der Waals surface area contributed by atoms with Crippen LogP contribution in [0.15, 0.2) is 22.7 Å². The lowest BCUT2D eigenvalue weighted by Crippen LogP contribution is -2.03. The molecule has 0 fully saturated rings. The van der Waals surface area contributed by atoms with Crippen LogP contribution in [0.3, 0.4) is 0 Å². The van der Waals surface area contributed by atoms with E-state index in [2.05, 4.69) is 5.16 Å². The SMILES string of the molecule is CCOc1cc(CN)ccc1OCc1c(C)noc1C. The Hall–Kier alpha value is -2.01. The number of nitrogens with two attached hydrogens (primary N) is 1. The molecule has 20 heavy (non-hydrogen) atoms. The number of hydrogen-bond acceptors (Lipinski definition) is 5. The molecular weight excluding hydrogens is 256 g/mol. The van der Waals surface area contributed by atoms with Crippen molar-refractivity contribution in [2.45, 2.75) is 33.9 Å². The summed E-state index contributed by atoms with van der Waals surface area (Å²) in [6.07, 6.45) is 0. The lowest BCUT2D eigenvalue weighted by Gasteiger charge is -2.13. The number of aryl methyl sites for hydroxylation is 2. The molecule has 108 valence electrons. The molecule has 0 spiro atoms. The fourth-order valence-electron chi connectivity index (χ4n) is 1.92. The molecule has 1 heterocycles.